The molecule has 1 atom stereocenters. The summed E-state index contributed by atoms with van der Waals surface area (Å²) < 4.78 is 29.1. The number of piperazine rings is 1. The van der Waals surface area contributed by atoms with E-state index in [-0.39, 0.29) is 36.8 Å². The van der Waals surface area contributed by atoms with Crippen molar-refractivity contribution in [3.63, 3.8) is 0 Å². The fraction of sp³-hybridized carbons (Fsp3) is 0.308. The summed E-state index contributed by atoms with van der Waals surface area (Å²) in [5, 5.41) is 12.0. The second-order valence-electron chi connectivity index (χ2n) is 8.88. The molecule has 200 valence electrons. The van der Waals surface area contributed by atoms with Gasteiger partial charge in [-0.05, 0) is 41.8 Å². The summed E-state index contributed by atoms with van der Waals surface area (Å²) in [6, 6.07) is 13.2. The highest BCUT2D eigenvalue weighted by molar-refractivity contribution is 9.10. The number of nitrogens with one attached hydrogen (secondary N) is 1. The van der Waals surface area contributed by atoms with Crippen LogP contribution in [-0.2, 0) is 27.8 Å². The van der Waals surface area contributed by atoms with Crippen LogP contribution in [0.3, 0.4) is 0 Å². The third-order valence-electron chi connectivity index (χ3n) is 6.26. The van der Waals surface area contributed by atoms with Gasteiger partial charge in [-0.2, -0.15) is 4.31 Å². The number of carboxylic acids is 1. The molecule has 1 aliphatic heterocycles. The summed E-state index contributed by atoms with van der Waals surface area (Å²) in [4.78, 5) is 34.5. The van der Waals surface area contributed by atoms with E-state index in [1.807, 2.05) is 24.3 Å². The maximum atomic E-state index is 13.6. The Bertz CT molecular complexity index is 1380. The predicted molar refractivity (Wildman–Crippen MR) is 145 cm³/mol. The minimum Gasteiger partial charge on any atom is -0.476 e. The minimum absolute atomic E-state index is 0.0259. The smallest absolute Gasteiger partial charge is 0.356 e. The first-order valence-electron chi connectivity index (χ1n) is 12.1. The van der Waals surface area contributed by atoms with Crippen LogP contribution in [0, 0.1) is 0 Å². The monoisotopic (exact) mass is 601 g/mol. The zero-order valence-corrected chi connectivity index (χ0v) is 23.2. The Morgan fingerprint density at radius 2 is 1.71 bits per heavy atom. The van der Waals surface area contributed by atoms with Crippen LogP contribution in [0.2, 0.25) is 0 Å². The molecule has 2 heterocycles. The number of hydrogen-bond donors (Lipinski definition) is 2. The topological polar surface area (TPSA) is 133 Å². The maximum absolute atomic E-state index is 13.6. The van der Waals surface area contributed by atoms with E-state index in [2.05, 4.69) is 38.1 Å². The van der Waals surface area contributed by atoms with Crippen LogP contribution in [0.1, 0.15) is 35.0 Å². The van der Waals surface area contributed by atoms with E-state index >= 15 is 0 Å². The van der Waals surface area contributed by atoms with E-state index < -0.39 is 27.9 Å². The van der Waals surface area contributed by atoms with Crippen LogP contribution in [0.4, 0.5) is 5.82 Å². The van der Waals surface area contributed by atoms with Gasteiger partial charge < -0.3 is 15.3 Å². The standard InChI is InChI=1S/C26H28BrN5O5S/c1-2-3-18-4-6-19(7-5-18)14-30-25(33)23-17-31(24-16-28-22(15-29-24)26(34)35)12-13-32(23)38(36,37)21-10-8-20(27)9-11-21/h4-11,15-16,23H,2-3,12-14,17H2,1H3,(H,30,33)(H,34,35)/t23-/m1/s1. The lowest BCUT2D eigenvalue weighted by molar-refractivity contribution is -0.125. The van der Waals surface area contributed by atoms with Crippen molar-refractivity contribution in [2.75, 3.05) is 24.5 Å². The Hall–Kier alpha value is -3.35. The predicted octanol–water partition coefficient (Wildman–Crippen LogP) is 3.09. The van der Waals surface area contributed by atoms with Gasteiger partial charge in [-0.1, -0.05) is 53.5 Å². The number of aromatic nitrogens is 2. The molecule has 2 aromatic carbocycles. The summed E-state index contributed by atoms with van der Waals surface area (Å²) >= 11 is 3.32. The van der Waals surface area contributed by atoms with Crippen molar-refractivity contribution < 1.29 is 23.1 Å². The molecule has 1 fully saturated rings. The largest absolute Gasteiger partial charge is 0.476 e. The molecule has 0 radical (unpaired) electrons. The number of sulfonamides is 1. The molecule has 1 saturated heterocycles. The number of rotatable bonds is 9. The van der Waals surface area contributed by atoms with Gasteiger partial charge in [0.1, 0.15) is 11.9 Å². The van der Waals surface area contributed by atoms with Gasteiger partial charge in [-0.3, -0.25) is 4.79 Å². The van der Waals surface area contributed by atoms with Crippen molar-refractivity contribution in [1.82, 2.24) is 19.6 Å². The van der Waals surface area contributed by atoms with Gasteiger partial charge in [0.05, 0.1) is 17.3 Å². The molecule has 0 unspecified atom stereocenters. The van der Waals surface area contributed by atoms with Crippen molar-refractivity contribution >= 4 is 43.6 Å². The second-order valence-corrected chi connectivity index (χ2v) is 11.7. The number of hydrogen-bond acceptors (Lipinski definition) is 7. The van der Waals surface area contributed by atoms with Crippen LogP contribution in [0.5, 0.6) is 0 Å². The number of benzene rings is 2. The molecule has 4 rings (SSSR count). The van der Waals surface area contributed by atoms with Crippen LogP contribution in [0.25, 0.3) is 0 Å². The first-order valence-corrected chi connectivity index (χ1v) is 14.4. The van der Waals surface area contributed by atoms with Crippen LogP contribution in [0.15, 0.2) is 70.3 Å². The Morgan fingerprint density at radius 1 is 1.03 bits per heavy atom. The third kappa shape index (κ3) is 6.37. The van der Waals surface area contributed by atoms with Crippen LogP contribution >= 0.6 is 15.9 Å². The molecule has 0 bridgehead atoms. The van der Waals surface area contributed by atoms with Crippen molar-refractivity contribution in [3.05, 3.63) is 82.2 Å². The zero-order chi connectivity index (χ0) is 27.3. The zero-order valence-electron chi connectivity index (χ0n) is 20.7. The Kier molecular flexibility index (Phi) is 8.75. The van der Waals surface area contributed by atoms with Gasteiger partial charge in [0.2, 0.25) is 15.9 Å². The summed E-state index contributed by atoms with van der Waals surface area (Å²) in [6.45, 7) is 2.67. The molecule has 12 heteroatoms. The van der Waals surface area contributed by atoms with Crippen molar-refractivity contribution in [2.24, 2.45) is 0 Å². The highest BCUT2D eigenvalue weighted by Gasteiger charge is 2.40. The number of amides is 1. The molecule has 3 aromatic rings. The molecule has 0 aliphatic carbocycles. The lowest BCUT2D eigenvalue weighted by Crippen LogP contribution is -2.60. The van der Waals surface area contributed by atoms with Gasteiger partial charge in [-0.15, -0.1) is 0 Å². The molecule has 1 aliphatic rings. The molecule has 0 saturated carbocycles. The van der Waals surface area contributed by atoms with E-state index in [1.165, 1.54) is 28.2 Å². The lowest BCUT2D eigenvalue weighted by Gasteiger charge is -2.40. The summed E-state index contributed by atoms with van der Waals surface area (Å²) in [7, 11) is -3.98. The Morgan fingerprint density at radius 3 is 2.32 bits per heavy atom. The number of halogens is 1. The first kappa shape index (κ1) is 27.7. The summed E-state index contributed by atoms with van der Waals surface area (Å²) in [5.74, 6) is -1.28. The van der Waals surface area contributed by atoms with Crippen LogP contribution in [-0.4, -0.2) is 65.4 Å². The number of aromatic carboxylic acids is 1. The maximum Gasteiger partial charge on any atom is 0.356 e. The summed E-state index contributed by atoms with van der Waals surface area (Å²) in [6.07, 6.45) is 4.47. The first-order chi connectivity index (χ1) is 18.2. The highest BCUT2D eigenvalue weighted by Crippen LogP contribution is 2.25. The van der Waals surface area contributed by atoms with Crippen LogP contribution < -0.4 is 10.2 Å². The SMILES string of the molecule is CCCc1ccc(CNC(=O)[C@H]2CN(c3cnc(C(=O)O)cn3)CCN2S(=O)(=O)c2ccc(Br)cc2)cc1. The third-order valence-corrected chi connectivity index (χ3v) is 8.71. The molecule has 0 spiro atoms. The highest BCUT2D eigenvalue weighted by atomic mass is 79.9. The van der Waals surface area contributed by atoms with Crippen molar-refractivity contribution in [2.45, 2.75) is 37.2 Å². The van der Waals surface area contributed by atoms with Gasteiger partial charge in [-0.25, -0.2) is 23.2 Å². The average Bonchev–Trinajstić information content (AvgIpc) is 2.92. The quantitative estimate of drug-likeness (QED) is 0.382. The van der Waals surface area contributed by atoms with Gasteiger partial charge in [0.25, 0.3) is 0 Å². The van der Waals surface area contributed by atoms with E-state index in [1.54, 1.807) is 17.0 Å². The number of carbonyl (C=O) groups excluding carboxylic acids is 1. The fourth-order valence-electron chi connectivity index (χ4n) is 4.23. The van der Waals surface area contributed by atoms with Crippen molar-refractivity contribution in [3.8, 4) is 0 Å². The fourth-order valence-corrected chi connectivity index (χ4v) is 6.07. The molecule has 10 nitrogen and oxygen atoms in total. The molecular weight excluding hydrogens is 574 g/mol. The van der Waals surface area contributed by atoms with Crippen molar-refractivity contribution in [1.29, 1.82) is 0 Å². The number of aryl methyl sites for hydroxylation is 1. The molecule has 1 amide bonds. The van der Waals surface area contributed by atoms with E-state index in [9.17, 15) is 18.0 Å². The van der Waals surface area contributed by atoms with Gasteiger partial charge >= 0.3 is 5.97 Å². The number of carboxylic acid groups (broad SMARTS) is 1. The van der Waals surface area contributed by atoms with Gasteiger partial charge in [0, 0.05) is 30.7 Å². The Balaban J connectivity index is 1.57. The van der Waals surface area contributed by atoms with E-state index in [4.69, 9.17) is 5.11 Å². The average molecular weight is 603 g/mol. The molecule has 1 aromatic heterocycles. The normalized spacial score (nSPS) is 16.3. The second kappa shape index (κ2) is 12.0. The molecular formula is C26H28BrN5O5S. The minimum atomic E-state index is -3.98. The lowest BCUT2D eigenvalue weighted by atomic mass is 10.1. The molecule has 38 heavy (non-hydrogen) atoms. The Labute approximate surface area is 229 Å². The van der Waals surface area contributed by atoms with Gasteiger partial charge in [0.15, 0.2) is 5.69 Å². The van der Waals surface area contributed by atoms with E-state index in [0.29, 0.717) is 5.82 Å². The van der Waals surface area contributed by atoms with E-state index in [0.717, 1.165) is 29.1 Å². The summed E-state index contributed by atoms with van der Waals surface area (Å²) in [5.41, 5.74) is 1.92. The molecule has 2 N–H and O–H groups in total. The number of nitrogens with zero attached hydrogens (tertiary/aromatic N) is 4. The number of anilines is 1. The number of carbonyl (C=O) groups is 2.